The molecule has 0 unspecified atom stereocenters. The van der Waals surface area contributed by atoms with Gasteiger partial charge in [-0.1, -0.05) is 31.2 Å². The molecule has 6 nitrogen and oxygen atoms in total. The Morgan fingerprint density at radius 2 is 1.86 bits per heavy atom. The van der Waals surface area contributed by atoms with Crippen molar-refractivity contribution in [2.75, 3.05) is 10.2 Å². The van der Waals surface area contributed by atoms with Crippen molar-refractivity contribution in [2.45, 2.75) is 32.4 Å². The zero-order chi connectivity index (χ0) is 24.4. The van der Waals surface area contributed by atoms with Gasteiger partial charge in [-0.3, -0.25) is 9.78 Å². The van der Waals surface area contributed by atoms with Crippen LogP contribution in [-0.4, -0.2) is 20.6 Å². The van der Waals surface area contributed by atoms with Crippen LogP contribution in [0.15, 0.2) is 91.4 Å². The number of aryl methyl sites for hydroxylation is 1. The number of thiocarbonyl (C=S) groups is 1. The molecule has 0 saturated carbocycles. The Labute approximate surface area is 210 Å². The number of benzene rings is 2. The summed E-state index contributed by atoms with van der Waals surface area (Å²) in [7, 11) is 0. The van der Waals surface area contributed by atoms with E-state index < -0.39 is 0 Å². The van der Waals surface area contributed by atoms with Gasteiger partial charge in [0.05, 0.1) is 17.8 Å². The van der Waals surface area contributed by atoms with Gasteiger partial charge >= 0.3 is 0 Å². The summed E-state index contributed by atoms with van der Waals surface area (Å²) in [6.07, 6.45) is 6.48. The number of anilines is 2. The maximum Gasteiger partial charge on any atom is 0.224 e. The number of rotatable bonds is 6. The van der Waals surface area contributed by atoms with E-state index in [1.807, 2.05) is 68.6 Å². The number of pyridine rings is 1. The van der Waals surface area contributed by atoms with Crippen LogP contribution in [0.3, 0.4) is 0 Å². The monoisotopic (exact) mass is 481 g/mol. The second-order valence-electron chi connectivity index (χ2n) is 8.59. The molecule has 1 saturated heterocycles. The van der Waals surface area contributed by atoms with E-state index in [0.717, 1.165) is 33.9 Å². The van der Waals surface area contributed by atoms with E-state index in [9.17, 15) is 4.79 Å². The molecule has 1 fully saturated rings. The highest BCUT2D eigenvalue weighted by molar-refractivity contribution is 7.80. The summed E-state index contributed by atoms with van der Waals surface area (Å²) in [4.78, 5) is 18.7. The van der Waals surface area contributed by atoms with Gasteiger partial charge in [0.15, 0.2) is 5.11 Å². The molecule has 5 rings (SSSR count). The summed E-state index contributed by atoms with van der Waals surface area (Å²) in [5.74, 6) is -0.00504. The van der Waals surface area contributed by atoms with E-state index in [0.29, 0.717) is 11.5 Å². The number of aromatic nitrogens is 2. The lowest BCUT2D eigenvalue weighted by Crippen LogP contribution is -2.29. The van der Waals surface area contributed by atoms with E-state index in [2.05, 4.69) is 61.7 Å². The number of carbonyl (C=O) groups is 1. The van der Waals surface area contributed by atoms with Crippen LogP contribution in [-0.2, 0) is 4.79 Å². The Morgan fingerprint density at radius 1 is 1.06 bits per heavy atom. The van der Waals surface area contributed by atoms with E-state index in [-0.39, 0.29) is 18.0 Å². The van der Waals surface area contributed by atoms with Crippen LogP contribution in [0.2, 0.25) is 0 Å². The fourth-order valence-corrected chi connectivity index (χ4v) is 4.84. The maximum absolute atomic E-state index is 11.9. The van der Waals surface area contributed by atoms with Crippen molar-refractivity contribution in [3.8, 4) is 5.69 Å². The van der Waals surface area contributed by atoms with Gasteiger partial charge in [-0.25, -0.2) is 0 Å². The average molecular weight is 482 g/mol. The number of hydrogen-bond acceptors (Lipinski definition) is 3. The van der Waals surface area contributed by atoms with Crippen molar-refractivity contribution in [3.05, 3.63) is 108 Å². The number of nitrogens with one attached hydrogen (secondary N) is 2. The Hall–Kier alpha value is -3.97. The van der Waals surface area contributed by atoms with Gasteiger partial charge in [0, 0.05) is 42.1 Å². The molecule has 0 bridgehead atoms. The van der Waals surface area contributed by atoms with Gasteiger partial charge in [0.25, 0.3) is 0 Å². The van der Waals surface area contributed by atoms with Gasteiger partial charge in [0.1, 0.15) is 0 Å². The predicted octanol–water partition coefficient (Wildman–Crippen LogP) is 5.71. The lowest BCUT2D eigenvalue weighted by molar-refractivity contribution is -0.115. The molecule has 2 aromatic heterocycles. The third-order valence-electron chi connectivity index (χ3n) is 6.29. The maximum atomic E-state index is 11.9. The molecule has 1 aliphatic heterocycles. The number of carbonyl (C=O) groups excluding carboxylic acids is 1. The van der Waals surface area contributed by atoms with Crippen molar-refractivity contribution in [3.63, 3.8) is 0 Å². The van der Waals surface area contributed by atoms with E-state index in [1.54, 1.807) is 0 Å². The minimum Gasteiger partial charge on any atom is -0.351 e. The molecule has 4 aromatic rings. The smallest absolute Gasteiger partial charge is 0.224 e. The fourth-order valence-electron chi connectivity index (χ4n) is 4.50. The third kappa shape index (κ3) is 4.55. The van der Waals surface area contributed by atoms with Crippen molar-refractivity contribution in [1.82, 2.24) is 14.9 Å². The van der Waals surface area contributed by atoms with Gasteiger partial charge < -0.3 is 20.1 Å². The van der Waals surface area contributed by atoms with Crippen LogP contribution in [0, 0.1) is 6.92 Å². The largest absolute Gasteiger partial charge is 0.351 e. The summed E-state index contributed by atoms with van der Waals surface area (Å²) in [6, 6.07) is 24.1. The summed E-state index contributed by atoms with van der Waals surface area (Å²) in [6.45, 7) is 3.84. The van der Waals surface area contributed by atoms with Gasteiger partial charge in [-0.15, -0.1) is 0 Å². The summed E-state index contributed by atoms with van der Waals surface area (Å²) in [5.41, 5.74) is 5.91. The first-order valence-corrected chi connectivity index (χ1v) is 12.1. The highest BCUT2D eigenvalue weighted by Gasteiger charge is 2.41. The van der Waals surface area contributed by atoms with Crippen LogP contribution < -0.4 is 15.5 Å². The van der Waals surface area contributed by atoms with Crippen molar-refractivity contribution in [2.24, 2.45) is 0 Å². The van der Waals surface area contributed by atoms with Crippen LogP contribution >= 0.6 is 12.2 Å². The van der Waals surface area contributed by atoms with Crippen molar-refractivity contribution >= 4 is 34.6 Å². The first-order valence-electron chi connectivity index (χ1n) is 11.7. The van der Waals surface area contributed by atoms with Crippen LogP contribution in [0.4, 0.5) is 11.4 Å². The van der Waals surface area contributed by atoms with Gasteiger partial charge in [0.2, 0.25) is 5.91 Å². The SMILES string of the molecule is CCC(=O)Nc1ccc(N2C(=S)N[C@@H](c3ccccn3)[C@H]2c2ccn(-c3ccccc3)c2)cc1C. The first-order chi connectivity index (χ1) is 17.0. The molecule has 1 aliphatic rings. The molecular formula is C28H27N5OS. The zero-order valence-corrected chi connectivity index (χ0v) is 20.5. The van der Waals surface area contributed by atoms with Gasteiger partial charge in [-0.2, -0.15) is 0 Å². The number of nitrogens with zero attached hydrogens (tertiary/aromatic N) is 3. The fraction of sp³-hybridized carbons (Fsp3) is 0.179. The summed E-state index contributed by atoms with van der Waals surface area (Å²) in [5, 5.41) is 7.12. The third-order valence-corrected chi connectivity index (χ3v) is 6.61. The standard InChI is InChI=1S/C28H27N5OS/c1-3-25(34)30-23-13-12-22(17-19(23)2)33-27(26(31-28(33)35)24-11-7-8-15-29-24)20-14-16-32(18-20)21-9-5-4-6-10-21/h4-18,26-27H,3H2,1-2H3,(H,30,34)(H,31,35)/t26-,27+/m0/s1. The zero-order valence-electron chi connectivity index (χ0n) is 19.7. The Kier molecular flexibility index (Phi) is 6.33. The summed E-state index contributed by atoms with van der Waals surface area (Å²) < 4.78 is 2.12. The minimum atomic E-state index is -0.116. The molecule has 7 heteroatoms. The molecule has 3 heterocycles. The summed E-state index contributed by atoms with van der Waals surface area (Å²) >= 11 is 5.85. The van der Waals surface area contributed by atoms with E-state index >= 15 is 0 Å². The Bertz CT molecular complexity index is 1350. The first kappa shape index (κ1) is 22.8. The molecule has 0 radical (unpaired) electrons. The van der Waals surface area contributed by atoms with Crippen molar-refractivity contribution < 1.29 is 4.79 Å². The molecule has 35 heavy (non-hydrogen) atoms. The van der Waals surface area contributed by atoms with E-state index in [4.69, 9.17) is 12.2 Å². The lowest BCUT2D eigenvalue weighted by atomic mass is 9.98. The number of hydrogen-bond donors (Lipinski definition) is 2. The molecule has 2 aromatic carbocycles. The van der Waals surface area contributed by atoms with Crippen LogP contribution in [0.5, 0.6) is 0 Å². The molecule has 2 N–H and O–H groups in total. The predicted molar refractivity (Wildman–Crippen MR) is 144 cm³/mol. The second-order valence-corrected chi connectivity index (χ2v) is 8.97. The van der Waals surface area contributed by atoms with E-state index in [1.165, 1.54) is 0 Å². The molecule has 1 amide bonds. The van der Waals surface area contributed by atoms with Gasteiger partial charge in [-0.05, 0) is 78.8 Å². The molecule has 2 atom stereocenters. The molecular weight excluding hydrogens is 454 g/mol. The Morgan fingerprint density at radius 3 is 2.57 bits per heavy atom. The highest BCUT2D eigenvalue weighted by Crippen LogP contribution is 2.42. The molecule has 176 valence electrons. The molecule has 0 spiro atoms. The van der Waals surface area contributed by atoms with Crippen molar-refractivity contribution in [1.29, 1.82) is 0 Å². The topological polar surface area (TPSA) is 62.2 Å². The van der Waals surface area contributed by atoms with Crippen LogP contribution in [0.25, 0.3) is 5.69 Å². The van der Waals surface area contributed by atoms with Crippen LogP contribution in [0.1, 0.15) is 42.2 Å². The average Bonchev–Trinajstić information content (AvgIpc) is 3.51. The highest BCUT2D eigenvalue weighted by atomic mass is 32.1. The second kappa shape index (κ2) is 9.72. The number of amides is 1. The lowest BCUT2D eigenvalue weighted by Gasteiger charge is -2.28. The number of para-hydroxylation sites is 1. The molecule has 0 aliphatic carbocycles. The minimum absolute atomic E-state index is 0.00504. The quantitative estimate of drug-likeness (QED) is 0.346. The normalized spacial score (nSPS) is 17.3. The Balaban J connectivity index is 1.56.